The van der Waals surface area contributed by atoms with E-state index in [0.717, 1.165) is 12.5 Å². The van der Waals surface area contributed by atoms with Crippen molar-refractivity contribution in [3.05, 3.63) is 0 Å². The summed E-state index contributed by atoms with van der Waals surface area (Å²) in [7, 11) is 0. The van der Waals surface area contributed by atoms with Crippen molar-refractivity contribution in [2.24, 2.45) is 11.8 Å². The van der Waals surface area contributed by atoms with Gasteiger partial charge in [0.2, 0.25) is 5.91 Å². The number of hydrogen-bond acceptors (Lipinski definition) is 3. The monoisotopic (exact) mass is 256 g/mol. The Bertz CT molecular complexity index is 310. The predicted molar refractivity (Wildman–Crippen MR) is 69.1 cm³/mol. The molecule has 1 saturated carbocycles. The largest absolute Gasteiger partial charge is 0.444 e. The topological polar surface area (TPSA) is 67.4 Å². The molecule has 0 saturated heterocycles. The van der Waals surface area contributed by atoms with Gasteiger partial charge in [0.25, 0.3) is 0 Å². The van der Waals surface area contributed by atoms with Gasteiger partial charge in [-0.2, -0.15) is 0 Å². The Morgan fingerprint density at radius 1 is 1.28 bits per heavy atom. The maximum absolute atomic E-state index is 11.4. The first-order chi connectivity index (χ1) is 8.28. The van der Waals surface area contributed by atoms with Crippen LogP contribution >= 0.6 is 0 Å². The van der Waals surface area contributed by atoms with E-state index in [1.54, 1.807) is 20.8 Å². The number of amides is 2. The van der Waals surface area contributed by atoms with Gasteiger partial charge in [0.15, 0.2) is 0 Å². The third-order valence-electron chi connectivity index (χ3n) is 2.86. The van der Waals surface area contributed by atoms with Crippen LogP contribution in [0.4, 0.5) is 4.79 Å². The van der Waals surface area contributed by atoms with Crippen LogP contribution in [0.2, 0.25) is 0 Å². The summed E-state index contributed by atoms with van der Waals surface area (Å²) in [6.45, 7) is 8.65. The molecule has 18 heavy (non-hydrogen) atoms. The summed E-state index contributed by atoms with van der Waals surface area (Å²) >= 11 is 0. The van der Waals surface area contributed by atoms with Gasteiger partial charge in [-0.1, -0.05) is 6.92 Å². The van der Waals surface area contributed by atoms with E-state index in [-0.39, 0.29) is 5.91 Å². The molecule has 0 aliphatic heterocycles. The number of ether oxygens (including phenoxy) is 1. The van der Waals surface area contributed by atoms with Crippen LogP contribution < -0.4 is 10.6 Å². The molecule has 5 heteroatoms. The number of hydrogen-bond donors (Lipinski definition) is 2. The molecule has 2 unspecified atom stereocenters. The zero-order valence-corrected chi connectivity index (χ0v) is 11.7. The van der Waals surface area contributed by atoms with Crippen LogP contribution in [0.25, 0.3) is 0 Å². The SMILES string of the molecule is CC1CC1CNC(=O)CCNC(=O)OC(C)(C)C. The molecule has 0 aromatic carbocycles. The summed E-state index contributed by atoms with van der Waals surface area (Å²) in [6, 6.07) is 0. The van der Waals surface area contributed by atoms with E-state index in [4.69, 9.17) is 4.74 Å². The van der Waals surface area contributed by atoms with Gasteiger partial charge < -0.3 is 15.4 Å². The second-order valence-electron chi connectivity index (χ2n) is 5.96. The van der Waals surface area contributed by atoms with Gasteiger partial charge in [-0.15, -0.1) is 0 Å². The molecule has 0 heterocycles. The zero-order valence-electron chi connectivity index (χ0n) is 11.7. The standard InChI is InChI=1S/C13H24N2O3/c1-9-7-10(9)8-15-11(16)5-6-14-12(17)18-13(2,3)4/h9-10H,5-8H2,1-4H3,(H,14,17)(H,15,16). The Kier molecular flexibility index (Phi) is 4.99. The second-order valence-corrected chi connectivity index (χ2v) is 5.96. The summed E-state index contributed by atoms with van der Waals surface area (Å²) < 4.78 is 5.06. The highest BCUT2D eigenvalue weighted by Crippen LogP contribution is 2.36. The minimum atomic E-state index is -0.506. The highest BCUT2D eigenvalue weighted by Gasteiger charge is 2.32. The van der Waals surface area contributed by atoms with Gasteiger partial charge in [0.1, 0.15) is 5.60 Å². The van der Waals surface area contributed by atoms with E-state index in [0.29, 0.717) is 18.9 Å². The fourth-order valence-corrected chi connectivity index (χ4v) is 1.61. The first-order valence-electron chi connectivity index (χ1n) is 6.51. The van der Waals surface area contributed by atoms with Crippen LogP contribution in [0.1, 0.15) is 40.5 Å². The summed E-state index contributed by atoms with van der Waals surface area (Å²) in [5.41, 5.74) is -0.506. The number of alkyl carbamates (subject to hydrolysis) is 1. The Hall–Kier alpha value is -1.26. The number of rotatable bonds is 5. The first kappa shape index (κ1) is 14.8. The molecule has 0 spiro atoms. The molecule has 2 N–H and O–H groups in total. The van der Waals surface area contributed by atoms with E-state index in [2.05, 4.69) is 17.6 Å². The molecule has 1 aliphatic carbocycles. The lowest BCUT2D eigenvalue weighted by Gasteiger charge is -2.19. The van der Waals surface area contributed by atoms with Gasteiger partial charge in [0, 0.05) is 19.5 Å². The highest BCUT2D eigenvalue weighted by atomic mass is 16.6. The lowest BCUT2D eigenvalue weighted by atomic mass is 10.2. The first-order valence-corrected chi connectivity index (χ1v) is 6.51. The lowest BCUT2D eigenvalue weighted by Crippen LogP contribution is -2.35. The Morgan fingerprint density at radius 2 is 1.89 bits per heavy atom. The molecule has 104 valence electrons. The second kappa shape index (κ2) is 6.07. The van der Waals surface area contributed by atoms with E-state index in [1.807, 2.05) is 0 Å². The molecule has 2 amide bonds. The van der Waals surface area contributed by atoms with E-state index in [9.17, 15) is 9.59 Å². The fraction of sp³-hybridized carbons (Fsp3) is 0.846. The zero-order chi connectivity index (χ0) is 13.8. The van der Waals surface area contributed by atoms with Gasteiger partial charge >= 0.3 is 6.09 Å². The molecular formula is C13H24N2O3. The summed E-state index contributed by atoms with van der Waals surface area (Å²) in [6.07, 6.45) is 1.02. The molecule has 5 nitrogen and oxygen atoms in total. The molecule has 1 aliphatic rings. The van der Waals surface area contributed by atoms with Crippen LogP contribution in [0, 0.1) is 11.8 Å². The van der Waals surface area contributed by atoms with Crippen LogP contribution in [0.3, 0.4) is 0 Å². The van der Waals surface area contributed by atoms with Crippen molar-refractivity contribution < 1.29 is 14.3 Å². The third-order valence-corrected chi connectivity index (χ3v) is 2.86. The van der Waals surface area contributed by atoms with Crippen molar-refractivity contribution in [1.29, 1.82) is 0 Å². The average molecular weight is 256 g/mol. The number of carbonyl (C=O) groups is 2. The minimum Gasteiger partial charge on any atom is -0.444 e. The van der Waals surface area contributed by atoms with E-state index >= 15 is 0 Å². The van der Waals surface area contributed by atoms with Crippen molar-refractivity contribution in [1.82, 2.24) is 10.6 Å². The molecule has 0 aromatic heterocycles. The Labute approximate surface area is 109 Å². The van der Waals surface area contributed by atoms with Gasteiger partial charge in [-0.25, -0.2) is 4.79 Å². The Morgan fingerprint density at radius 3 is 2.39 bits per heavy atom. The van der Waals surface area contributed by atoms with Gasteiger partial charge in [0.05, 0.1) is 0 Å². The maximum atomic E-state index is 11.4. The summed E-state index contributed by atoms with van der Waals surface area (Å²) in [5.74, 6) is 1.36. The van der Waals surface area contributed by atoms with Crippen LogP contribution in [-0.2, 0) is 9.53 Å². The fourth-order valence-electron chi connectivity index (χ4n) is 1.61. The van der Waals surface area contributed by atoms with Crippen molar-refractivity contribution in [2.45, 2.75) is 46.1 Å². The molecule has 1 fully saturated rings. The molecule has 0 aromatic rings. The third kappa shape index (κ3) is 6.47. The van der Waals surface area contributed by atoms with Crippen LogP contribution in [0.5, 0.6) is 0 Å². The van der Waals surface area contributed by atoms with Gasteiger partial charge in [-0.05, 0) is 39.0 Å². The number of carbonyl (C=O) groups excluding carboxylic acids is 2. The molecule has 2 atom stereocenters. The van der Waals surface area contributed by atoms with Gasteiger partial charge in [-0.3, -0.25) is 4.79 Å². The van der Waals surface area contributed by atoms with Crippen molar-refractivity contribution >= 4 is 12.0 Å². The van der Waals surface area contributed by atoms with E-state index < -0.39 is 11.7 Å². The lowest BCUT2D eigenvalue weighted by molar-refractivity contribution is -0.121. The smallest absolute Gasteiger partial charge is 0.407 e. The molecule has 1 rings (SSSR count). The van der Waals surface area contributed by atoms with Crippen molar-refractivity contribution in [3.63, 3.8) is 0 Å². The average Bonchev–Trinajstić information content (AvgIpc) is 2.89. The van der Waals surface area contributed by atoms with Crippen molar-refractivity contribution in [2.75, 3.05) is 13.1 Å². The van der Waals surface area contributed by atoms with Crippen LogP contribution in [0.15, 0.2) is 0 Å². The van der Waals surface area contributed by atoms with E-state index in [1.165, 1.54) is 6.42 Å². The minimum absolute atomic E-state index is 0.0230. The normalized spacial score (nSPS) is 22.2. The summed E-state index contributed by atoms with van der Waals surface area (Å²) in [5, 5.41) is 5.43. The van der Waals surface area contributed by atoms with Crippen LogP contribution in [-0.4, -0.2) is 30.7 Å². The highest BCUT2D eigenvalue weighted by molar-refractivity contribution is 5.77. The molecule has 0 bridgehead atoms. The predicted octanol–water partition coefficient (Wildman–Crippen LogP) is 1.67. The quantitative estimate of drug-likeness (QED) is 0.786. The van der Waals surface area contributed by atoms with Crippen molar-refractivity contribution in [3.8, 4) is 0 Å². The maximum Gasteiger partial charge on any atom is 0.407 e. The number of nitrogens with one attached hydrogen (secondary N) is 2. The summed E-state index contributed by atoms with van der Waals surface area (Å²) in [4.78, 5) is 22.7. The Balaban J connectivity index is 2.02. The molecular weight excluding hydrogens is 232 g/mol. The molecule has 0 radical (unpaired) electrons.